The Balaban J connectivity index is 1.24. The van der Waals surface area contributed by atoms with Crippen molar-refractivity contribution in [1.82, 2.24) is 14.9 Å². The number of halogens is 1. The standard InChI is InChI=1S/C51H44IN3O/c52-47-33-31-40(32-34-47)37-56-38-49(54-50(41-19-7-1-8-20-41,42-21-9-2-10-22-42)43-23-11-3-12-24-43)35-48-36-55(39-53-48)51(44-25-13-4-14-26-44,45-27-15-5-16-28-45)46-29-17-6-18-30-46/h1-34,36,39,49,54H,35,37-38H2/t49-/m0/s1. The third-order valence-electron chi connectivity index (χ3n) is 10.6. The lowest BCUT2D eigenvalue weighted by Crippen LogP contribution is -2.52. The van der Waals surface area contributed by atoms with Crippen molar-refractivity contribution in [2.75, 3.05) is 6.61 Å². The molecule has 0 spiro atoms. The summed E-state index contributed by atoms with van der Waals surface area (Å²) >= 11 is 2.35. The average Bonchev–Trinajstić information content (AvgIpc) is 3.74. The zero-order valence-electron chi connectivity index (χ0n) is 31.2. The SMILES string of the molecule is Ic1ccc(COC[C@H](Cc2cn(C(c3ccccc3)(c3ccccc3)c3ccccc3)cn2)NC(c2ccccc2)(c2ccccc2)c2ccccc2)cc1. The summed E-state index contributed by atoms with van der Waals surface area (Å²) in [7, 11) is 0. The number of imidazole rings is 1. The third kappa shape index (κ3) is 7.76. The number of rotatable bonds is 15. The van der Waals surface area contributed by atoms with E-state index in [9.17, 15) is 0 Å². The zero-order chi connectivity index (χ0) is 38.0. The molecular formula is C51H44IN3O. The molecule has 1 N–H and O–H groups in total. The molecular weight excluding hydrogens is 797 g/mol. The summed E-state index contributed by atoms with van der Waals surface area (Å²) in [5, 5.41) is 4.23. The summed E-state index contributed by atoms with van der Waals surface area (Å²) in [5.41, 5.74) is 7.73. The second-order valence-electron chi connectivity index (χ2n) is 14.1. The molecule has 7 aromatic carbocycles. The van der Waals surface area contributed by atoms with Crippen LogP contribution in [0.5, 0.6) is 0 Å². The van der Waals surface area contributed by atoms with Gasteiger partial charge in [0, 0.05) is 22.2 Å². The molecule has 1 atom stereocenters. The van der Waals surface area contributed by atoms with Crippen LogP contribution in [-0.4, -0.2) is 22.2 Å². The number of hydrogen-bond acceptors (Lipinski definition) is 3. The smallest absolute Gasteiger partial charge is 0.121 e. The minimum absolute atomic E-state index is 0.137. The Morgan fingerprint density at radius 2 is 0.911 bits per heavy atom. The topological polar surface area (TPSA) is 39.1 Å². The van der Waals surface area contributed by atoms with E-state index in [-0.39, 0.29) is 6.04 Å². The summed E-state index contributed by atoms with van der Waals surface area (Å²) < 4.78 is 10.1. The van der Waals surface area contributed by atoms with Gasteiger partial charge in [0.05, 0.1) is 30.8 Å². The largest absolute Gasteiger partial charge is 0.375 e. The van der Waals surface area contributed by atoms with Gasteiger partial charge in [-0.1, -0.05) is 194 Å². The van der Waals surface area contributed by atoms with Crippen LogP contribution in [0.1, 0.15) is 44.6 Å². The lowest BCUT2D eigenvalue weighted by atomic mass is 9.76. The molecule has 0 aliphatic carbocycles. The molecule has 0 saturated carbocycles. The van der Waals surface area contributed by atoms with Crippen LogP contribution in [0.2, 0.25) is 0 Å². The summed E-state index contributed by atoms with van der Waals surface area (Å²) in [6.07, 6.45) is 4.86. The highest BCUT2D eigenvalue weighted by Crippen LogP contribution is 2.41. The molecule has 1 heterocycles. The predicted molar refractivity (Wildman–Crippen MR) is 235 cm³/mol. The van der Waals surface area contributed by atoms with Crippen molar-refractivity contribution in [2.24, 2.45) is 0 Å². The lowest BCUT2D eigenvalue weighted by Gasteiger charge is -2.40. The molecule has 0 unspecified atom stereocenters. The molecule has 0 radical (unpaired) electrons. The molecule has 56 heavy (non-hydrogen) atoms. The maximum Gasteiger partial charge on any atom is 0.121 e. The van der Waals surface area contributed by atoms with Crippen molar-refractivity contribution in [2.45, 2.75) is 30.1 Å². The van der Waals surface area contributed by atoms with Gasteiger partial charge in [-0.2, -0.15) is 0 Å². The van der Waals surface area contributed by atoms with Gasteiger partial charge in [0.25, 0.3) is 0 Å². The van der Waals surface area contributed by atoms with E-state index >= 15 is 0 Å². The van der Waals surface area contributed by atoms with Crippen molar-refractivity contribution in [3.8, 4) is 0 Å². The number of nitrogens with one attached hydrogen (secondary N) is 1. The van der Waals surface area contributed by atoms with E-state index in [1.807, 2.05) is 6.33 Å². The minimum atomic E-state index is -0.675. The summed E-state index contributed by atoms with van der Waals surface area (Å²) in [6.45, 7) is 0.978. The third-order valence-corrected chi connectivity index (χ3v) is 11.3. The number of benzene rings is 7. The Morgan fingerprint density at radius 3 is 1.32 bits per heavy atom. The van der Waals surface area contributed by atoms with E-state index in [0.717, 1.165) is 44.6 Å². The van der Waals surface area contributed by atoms with Crippen LogP contribution in [-0.2, 0) is 28.8 Å². The average molecular weight is 842 g/mol. The predicted octanol–water partition coefficient (Wildman–Crippen LogP) is 11.0. The maximum absolute atomic E-state index is 6.63. The fourth-order valence-corrected chi connectivity index (χ4v) is 8.42. The molecule has 0 aliphatic rings. The van der Waals surface area contributed by atoms with Gasteiger partial charge in [0.2, 0.25) is 0 Å². The van der Waals surface area contributed by atoms with Crippen LogP contribution in [0, 0.1) is 3.57 Å². The monoisotopic (exact) mass is 841 g/mol. The quantitative estimate of drug-likeness (QED) is 0.0826. The Bertz CT molecular complexity index is 2190. The van der Waals surface area contributed by atoms with E-state index in [0.29, 0.717) is 19.6 Å². The number of nitrogens with zero attached hydrogens (tertiary/aromatic N) is 2. The van der Waals surface area contributed by atoms with Gasteiger partial charge >= 0.3 is 0 Å². The molecule has 0 amide bonds. The van der Waals surface area contributed by atoms with E-state index in [2.05, 4.69) is 245 Å². The number of ether oxygens (including phenoxy) is 1. The van der Waals surface area contributed by atoms with Gasteiger partial charge in [-0.3, -0.25) is 5.32 Å². The van der Waals surface area contributed by atoms with Gasteiger partial charge in [-0.25, -0.2) is 4.98 Å². The number of hydrogen-bond donors (Lipinski definition) is 1. The first-order valence-electron chi connectivity index (χ1n) is 19.1. The summed E-state index contributed by atoms with van der Waals surface area (Å²) in [4.78, 5) is 5.19. The molecule has 5 heteroatoms. The molecule has 0 fully saturated rings. The van der Waals surface area contributed by atoms with Gasteiger partial charge in [-0.05, 0) is 73.7 Å². The first-order valence-corrected chi connectivity index (χ1v) is 20.2. The Hall–Kier alpha value is -5.60. The minimum Gasteiger partial charge on any atom is -0.375 e. The molecule has 4 nitrogen and oxygen atoms in total. The summed E-state index contributed by atoms with van der Waals surface area (Å²) in [5.74, 6) is 0. The lowest BCUT2D eigenvalue weighted by molar-refractivity contribution is 0.0920. The molecule has 8 aromatic rings. The van der Waals surface area contributed by atoms with Crippen LogP contribution in [0.3, 0.4) is 0 Å². The van der Waals surface area contributed by atoms with Gasteiger partial charge in [0.1, 0.15) is 5.54 Å². The fraction of sp³-hybridized carbons (Fsp3) is 0.118. The first-order chi connectivity index (χ1) is 27.7. The fourth-order valence-electron chi connectivity index (χ4n) is 8.06. The van der Waals surface area contributed by atoms with Crippen molar-refractivity contribution in [3.05, 3.63) is 267 Å². The molecule has 276 valence electrons. The summed E-state index contributed by atoms with van der Waals surface area (Å²) in [6, 6.07) is 73.0. The normalized spacial score (nSPS) is 12.3. The highest BCUT2D eigenvalue weighted by Gasteiger charge is 2.40. The molecule has 8 rings (SSSR count). The van der Waals surface area contributed by atoms with E-state index in [1.165, 1.54) is 3.57 Å². The van der Waals surface area contributed by atoms with Crippen molar-refractivity contribution >= 4 is 22.6 Å². The van der Waals surface area contributed by atoms with Crippen molar-refractivity contribution < 1.29 is 4.74 Å². The van der Waals surface area contributed by atoms with Gasteiger partial charge in [0.15, 0.2) is 0 Å². The van der Waals surface area contributed by atoms with Crippen LogP contribution in [0.4, 0.5) is 0 Å². The molecule has 1 aromatic heterocycles. The van der Waals surface area contributed by atoms with Gasteiger partial charge < -0.3 is 9.30 Å². The van der Waals surface area contributed by atoms with Crippen molar-refractivity contribution in [3.63, 3.8) is 0 Å². The van der Waals surface area contributed by atoms with Crippen molar-refractivity contribution in [1.29, 1.82) is 0 Å². The highest BCUT2D eigenvalue weighted by atomic mass is 127. The maximum atomic E-state index is 6.63. The Morgan fingerprint density at radius 1 is 0.518 bits per heavy atom. The second-order valence-corrected chi connectivity index (χ2v) is 15.4. The van der Waals surface area contributed by atoms with E-state index in [1.54, 1.807) is 0 Å². The van der Waals surface area contributed by atoms with Gasteiger partial charge in [-0.15, -0.1) is 0 Å². The molecule has 0 aliphatic heterocycles. The zero-order valence-corrected chi connectivity index (χ0v) is 33.3. The van der Waals surface area contributed by atoms with Crippen LogP contribution in [0.15, 0.2) is 219 Å². The van der Waals surface area contributed by atoms with Crippen LogP contribution < -0.4 is 5.32 Å². The second kappa shape index (κ2) is 17.5. The highest BCUT2D eigenvalue weighted by molar-refractivity contribution is 14.1. The Kier molecular flexibility index (Phi) is 11.6. The van der Waals surface area contributed by atoms with E-state index in [4.69, 9.17) is 9.72 Å². The van der Waals surface area contributed by atoms with E-state index < -0.39 is 11.1 Å². The number of aromatic nitrogens is 2. The van der Waals surface area contributed by atoms with Crippen LogP contribution >= 0.6 is 22.6 Å². The first kappa shape index (κ1) is 37.3. The molecule has 0 bridgehead atoms. The Labute approximate surface area is 344 Å². The van der Waals surface area contributed by atoms with Crippen LogP contribution in [0.25, 0.3) is 0 Å². The molecule has 0 saturated heterocycles.